The van der Waals surface area contributed by atoms with Crippen molar-refractivity contribution < 1.29 is 19.2 Å². The maximum Gasteiger partial charge on any atom is 0.247 e. The fourth-order valence-corrected chi connectivity index (χ4v) is 10.3. The number of fused-ring (bicyclic) bond motifs is 11. The van der Waals surface area contributed by atoms with Crippen LogP contribution in [0.3, 0.4) is 0 Å². The molecule has 4 saturated heterocycles. The Morgan fingerprint density at radius 1 is 0.660 bits per heavy atom. The van der Waals surface area contributed by atoms with Gasteiger partial charge in [-0.15, -0.1) is 0 Å². The molecule has 3 aromatic carbocycles. The normalized spacial score (nSPS) is 34.3. The smallest absolute Gasteiger partial charge is 0.247 e. The van der Waals surface area contributed by atoms with Gasteiger partial charge in [0.1, 0.15) is 36.5 Å². The number of hydrogen-bond donors (Lipinski definition) is 4. The highest BCUT2D eigenvalue weighted by molar-refractivity contribution is 7.98. The topological polar surface area (TPSA) is 123 Å². The van der Waals surface area contributed by atoms with Crippen molar-refractivity contribution in [1.29, 1.82) is 0 Å². The van der Waals surface area contributed by atoms with Crippen LogP contribution < -0.4 is 21.3 Å². The van der Waals surface area contributed by atoms with Crippen LogP contribution in [0.1, 0.15) is 36.0 Å². The number of amides is 4. The summed E-state index contributed by atoms with van der Waals surface area (Å²) in [5.41, 5.74) is 3.15. The summed E-state index contributed by atoms with van der Waals surface area (Å²) >= 11 is 1.65. The number of rotatable bonds is 6. The van der Waals surface area contributed by atoms with Crippen molar-refractivity contribution in [3.8, 4) is 0 Å². The lowest BCUT2D eigenvalue weighted by atomic mass is 9.54. The van der Waals surface area contributed by atoms with E-state index in [-0.39, 0.29) is 23.6 Å². The van der Waals surface area contributed by atoms with E-state index in [2.05, 4.69) is 33.4 Å². The zero-order chi connectivity index (χ0) is 32.1. The first-order valence-corrected chi connectivity index (χ1v) is 17.8. The molecule has 6 heterocycles. The zero-order valence-corrected chi connectivity index (χ0v) is 26.8. The average molecular weight is 649 g/mol. The van der Waals surface area contributed by atoms with Gasteiger partial charge in [0.2, 0.25) is 23.6 Å². The number of carbonyl (C=O) groups is 4. The minimum atomic E-state index is -0.833. The van der Waals surface area contributed by atoms with Crippen LogP contribution in [0.15, 0.2) is 78.9 Å². The van der Waals surface area contributed by atoms with E-state index in [4.69, 9.17) is 0 Å². The molecule has 0 aromatic heterocycles. The molecule has 0 saturated carbocycles. The van der Waals surface area contributed by atoms with Crippen molar-refractivity contribution in [2.75, 3.05) is 22.6 Å². The quantitative estimate of drug-likeness (QED) is 0.324. The number of nitrogens with zero attached hydrogens (tertiary/aromatic N) is 2. The number of nitrogens with one attached hydrogen (secondary N) is 4. The van der Waals surface area contributed by atoms with Crippen molar-refractivity contribution in [2.24, 2.45) is 0 Å². The van der Waals surface area contributed by atoms with E-state index in [1.807, 2.05) is 73.0 Å². The van der Waals surface area contributed by atoms with Gasteiger partial charge in [-0.25, -0.2) is 0 Å². The zero-order valence-electron chi connectivity index (χ0n) is 25.9. The van der Waals surface area contributed by atoms with Gasteiger partial charge in [0, 0.05) is 17.8 Å². The van der Waals surface area contributed by atoms with Crippen LogP contribution in [-0.4, -0.2) is 81.9 Å². The van der Waals surface area contributed by atoms with Gasteiger partial charge in [0.05, 0.1) is 10.8 Å². The van der Waals surface area contributed by atoms with Crippen LogP contribution in [0.2, 0.25) is 0 Å². The Morgan fingerprint density at radius 3 is 1.70 bits per heavy atom. The Kier molecular flexibility index (Phi) is 6.25. The Labute approximate surface area is 277 Å². The highest BCUT2D eigenvalue weighted by Crippen LogP contribution is 2.68. The van der Waals surface area contributed by atoms with Crippen LogP contribution >= 0.6 is 11.8 Å². The van der Waals surface area contributed by atoms with Crippen LogP contribution in [0, 0.1) is 0 Å². The molecule has 8 unspecified atom stereocenters. The number of thioether (sulfide) groups is 1. The predicted octanol–water partition coefficient (Wildman–Crippen LogP) is 2.56. The number of anilines is 2. The van der Waals surface area contributed by atoms with E-state index in [1.165, 1.54) is 0 Å². The van der Waals surface area contributed by atoms with Gasteiger partial charge in [-0.05, 0) is 60.1 Å². The molecule has 4 amide bonds. The van der Waals surface area contributed by atoms with E-state index in [9.17, 15) is 19.2 Å². The van der Waals surface area contributed by atoms with Crippen molar-refractivity contribution in [3.63, 3.8) is 0 Å². The molecule has 47 heavy (non-hydrogen) atoms. The fourth-order valence-electron chi connectivity index (χ4n) is 9.83. The highest BCUT2D eigenvalue weighted by atomic mass is 32.2. The Balaban J connectivity index is 1.22. The minimum absolute atomic E-state index is 0.0875. The predicted molar refractivity (Wildman–Crippen MR) is 179 cm³/mol. The minimum Gasteiger partial charge on any atom is -0.364 e. The number of carbonyl (C=O) groups excluding carboxylic acids is 4. The Hall–Kier alpha value is -4.51. The van der Waals surface area contributed by atoms with Gasteiger partial charge in [-0.1, -0.05) is 66.7 Å². The molecule has 3 aromatic rings. The lowest BCUT2D eigenvalue weighted by molar-refractivity contribution is -0.149. The number of piperazine rings is 2. The monoisotopic (exact) mass is 648 g/mol. The summed E-state index contributed by atoms with van der Waals surface area (Å²) in [4.78, 5) is 60.5. The molecule has 4 fully saturated rings. The Bertz CT molecular complexity index is 1840. The SMILES string of the molecule is CSCCC1NC(=O)C2CC3(C45CC6C(=O)NC(Cc7ccccc7)C(=O)N6C4Nc4ccccc45)c4ccccc4NC3N2C1=O. The van der Waals surface area contributed by atoms with E-state index >= 15 is 0 Å². The third kappa shape index (κ3) is 3.69. The molecule has 0 spiro atoms. The van der Waals surface area contributed by atoms with Gasteiger partial charge in [0.25, 0.3) is 0 Å². The van der Waals surface area contributed by atoms with E-state index < -0.39 is 47.3 Å². The first-order chi connectivity index (χ1) is 22.9. The second kappa shape index (κ2) is 10.2. The van der Waals surface area contributed by atoms with Crippen molar-refractivity contribution >= 4 is 46.8 Å². The summed E-state index contributed by atoms with van der Waals surface area (Å²) in [6, 6.07) is 23.2. The van der Waals surface area contributed by atoms with E-state index in [0.717, 1.165) is 33.8 Å². The largest absolute Gasteiger partial charge is 0.364 e. The molecule has 6 aliphatic rings. The summed E-state index contributed by atoms with van der Waals surface area (Å²) in [5, 5.41) is 13.5. The average Bonchev–Trinajstić information content (AvgIpc) is 3.79. The fraction of sp³-hybridized carbons (Fsp3) is 0.389. The maximum absolute atomic E-state index is 14.6. The molecular weight excluding hydrogens is 613 g/mol. The lowest BCUT2D eigenvalue weighted by Gasteiger charge is -2.48. The maximum atomic E-state index is 14.6. The van der Waals surface area contributed by atoms with Crippen LogP contribution in [-0.2, 0) is 36.4 Å². The first kappa shape index (κ1) is 28.7. The number of hydrogen-bond acceptors (Lipinski definition) is 7. The third-order valence-electron chi connectivity index (χ3n) is 11.6. The van der Waals surface area contributed by atoms with Gasteiger partial charge in [0.15, 0.2) is 0 Å². The summed E-state index contributed by atoms with van der Waals surface area (Å²) in [7, 11) is 0. The molecule has 0 aliphatic carbocycles. The van der Waals surface area contributed by atoms with Crippen molar-refractivity contribution in [2.45, 2.75) is 73.0 Å². The van der Waals surface area contributed by atoms with Crippen molar-refractivity contribution in [1.82, 2.24) is 20.4 Å². The third-order valence-corrected chi connectivity index (χ3v) is 12.3. The summed E-state index contributed by atoms with van der Waals surface area (Å²) in [6.07, 6.45) is 2.54. The van der Waals surface area contributed by atoms with Gasteiger partial charge in [-0.3, -0.25) is 19.2 Å². The summed E-state index contributed by atoms with van der Waals surface area (Å²) in [5.74, 6) is 0.214. The van der Waals surface area contributed by atoms with Crippen molar-refractivity contribution in [3.05, 3.63) is 95.6 Å². The molecule has 8 atom stereocenters. The van der Waals surface area contributed by atoms with Gasteiger partial charge < -0.3 is 31.1 Å². The molecule has 240 valence electrons. The second-order valence-corrected chi connectivity index (χ2v) is 14.6. The van der Waals surface area contributed by atoms with Gasteiger partial charge in [-0.2, -0.15) is 11.8 Å². The molecule has 6 aliphatic heterocycles. The van der Waals surface area contributed by atoms with Crippen LogP contribution in [0.5, 0.6) is 0 Å². The first-order valence-electron chi connectivity index (χ1n) is 16.4. The molecule has 4 N–H and O–H groups in total. The summed E-state index contributed by atoms with van der Waals surface area (Å²) < 4.78 is 0. The molecule has 0 bridgehead atoms. The highest BCUT2D eigenvalue weighted by Gasteiger charge is 2.78. The van der Waals surface area contributed by atoms with Crippen LogP contribution in [0.4, 0.5) is 11.4 Å². The molecule has 9 rings (SSSR count). The molecule has 11 heteroatoms. The number of benzene rings is 3. The molecule has 10 nitrogen and oxygen atoms in total. The molecular formula is C36H36N6O4S. The lowest BCUT2D eigenvalue weighted by Crippen LogP contribution is -2.66. The van der Waals surface area contributed by atoms with E-state index in [1.54, 1.807) is 21.6 Å². The van der Waals surface area contributed by atoms with E-state index in [0.29, 0.717) is 25.7 Å². The summed E-state index contributed by atoms with van der Waals surface area (Å²) in [6.45, 7) is 0. The standard InChI is InChI=1S/C36H36N6O4S/c1-47-16-15-25-31(45)41-27(29(43)37-25)18-35(21-11-5-7-13-23(21)39-33(35)41)36-19-28-30(44)38-26(17-20-9-3-2-4-10-20)32(46)42(28)34(36)40-24-14-8-6-12-22(24)36/h2-14,25-28,33-34,39-40H,15-19H2,1H3,(H,37,43)(H,38,44). The number of para-hydroxylation sites is 2. The van der Waals surface area contributed by atoms with Crippen LogP contribution in [0.25, 0.3) is 0 Å². The second-order valence-electron chi connectivity index (χ2n) is 13.7. The molecule has 0 radical (unpaired) electrons. The Morgan fingerprint density at radius 2 is 1.15 bits per heavy atom. The van der Waals surface area contributed by atoms with Gasteiger partial charge >= 0.3 is 0 Å².